The number of nitrogens with two attached hydrogens (primary N) is 1. The van der Waals surface area contributed by atoms with E-state index in [-0.39, 0.29) is 18.7 Å². The first kappa shape index (κ1) is 10.6. The minimum absolute atomic E-state index is 0.0696. The van der Waals surface area contributed by atoms with Crippen molar-refractivity contribution in [1.82, 2.24) is 5.32 Å². The number of carbonyl (C=O) groups excluding carboxylic acids is 3. The van der Waals surface area contributed by atoms with Gasteiger partial charge in [0.05, 0.1) is 6.04 Å². The third kappa shape index (κ3) is 5.40. The van der Waals surface area contributed by atoms with Crippen LogP contribution in [0.1, 0.15) is 19.8 Å². The molecule has 0 aromatic carbocycles. The molecule has 0 bridgehead atoms. The number of rotatable bonds is 5. The molecular formula is C7H11N2O3. The first-order valence-electron chi connectivity index (χ1n) is 3.49. The minimum atomic E-state index is -0.727. The summed E-state index contributed by atoms with van der Waals surface area (Å²) in [7, 11) is 0. The van der Waals surface area contributed by atoms with Gasteiger partial charge in [0.25, 0.3) is 0 Å². The standard InChI is InChI=1S/C7H11N2O3/c1-5(11)9-6(4-10)2-3-7(8)12/h6H,2-3H2,1H3,(H2,8,12)(H,9,11). The van der Waals surface area contributed by atoms with E-state index in [1.54, 1.807) is 6.29 Å². The molecule has 67 valence electrons. The van der Waals surface area contributed by atoms with E-state index in [9.17, 15) is 14.4 Å². The highest BCUT2D eigenvalue weighted by Gasteiger charge is 2.10. The van der Waals surface area contributed by atoms with Crippen LogP contribution in [0, 0.1) is 0 Å². The van der Waals surface area contributed by atoms with E-state index in [2.05, 4.69) is 5.32 Å². The van der Waals surface area contributed by atoms with E-state index in [1.165, 1.54) is 6.92 Å². The van der Waals surface area contributed by atoms with Crippen molar-refractivity contribution in [3.05, 3.63) is 0 Å². The van der Waals surface area contributed by atoms with Crippen molar-refractivity contribution in [2.24, 2.45) is 5.73 Å². The van der Waals surface area contributed by atoms with Gasteiger partial charge < -0.3 is 11.1 Å². The monoisotopic (exact) mass is 171 g/mol. The van der Waals surface area contributed by atoms with Gasteiger partial charge in [-0.05, 0) is 6.42 Å². The van der Waals surface area contributed by atoms with Gasteiger partial charge in [-0.1, -0.05) is 0 Å². The molecule has 5 heteroatoms. The normalized spacial score (nSPS) is 11.8. The van der Waals surface area contributed by atoms with Crippen LogP contribution in [-0.4, -0.2) is 24.1 Å². The minimum Gasteiger partial charge on any atom is -0.370 e. The van der Waals surface area contributed by atoms with Crippen LogP contribution in [0.4, 0.5) is 0 Å². The molecule has 1 unspecified atom stereocenters. The summed E-state index contributed by atoms with van der Waals surface area (Å²) >= 11 is 0. The molecule has 0 aliphatic carbocycles. The van der Waals surface area contributed by atoms with Crippen LogP contribution in [-0.2, 0) is 14.4 Å². The maximum atomic E-state index is 10.5. The average Bonchev–Trinajstić information content (AvgIpc) is 1.97. The van der Waals surface area contributed by atoms with Crippen LogP contribution in [0.15, 0.2) is 0 Å². The molecule has 0 aliphatic heterocycles. The number of hydrogen-bond donors (Lipinski definition) is 2. The van der Waals surface area contributed by atoms with Crippen molar-refractivity contribution < 1.29 is 14.4 Å². The number of primary amides is 1. The fourth-order valence-electron chi connectivity index (χ4n) is 0.693. The van der Waals surface area contributed by atoms with Crippen LogP contribution >= 0.6 is 0 Å². The highest BCUT2D eigenvalue weighted by molar-refractivity contribution is 5.78. The zero-order valence-corrected chi connectivity index (χ0v) is 6.79. The predicted octanol–water partition coefficient (Wildman–Crippen LogP) is -1.13. The summed E-state index contributed by atoms with van der Waals surface area (Å²) in [6.07, 6.45) is 1.88. The van der Waals surface area contributed by atoms with E-state index in [1.807, 2.05) is 0 Å². The lowest BCUT2D eigenvalue weighted by molar-refractivity contribution is -0.120. The second kappa shape index (κ2) is 5.29. The average molecular weight is 171 g/mol. The third-order valence-electron chi connectivity index (χ3n) is 1.20. The third-order valence-corrected chi connectivity index (χ3v) is 1.20. The van der Waals surface area contributed by atoms with E-state index in [4.69, 9.17) is 5.73 Å². The summed E-state index contributed by atoms with van der Waals surface area (Å²) in [5, 5.41) is 2.31. The molecule has 3 N–H and O–H groups in total. The Hall–Kier alpha value is -1.39. The maximum absolute atomic E-state index is 10.5. The summed E-state index contributed by atoms with van der Waals surface area (Å²) in [6.45, 7) is 1.29. The van der Waals surface area contributed by atoms with Gasteiger partial charge in [0.1, 0.15) is 0 Å². The molecule has 0 aromatic rings. The number of carbonyl (C=O) groups is 2. The maximum Gasteiger partial charge on any atom is 0.222 e. The quantitative estimate of drug-likeness (QED) is 0.548. The van der Waals surface area contributed by atoms with E-state index in [0.717, 1.165) is 0 Å². The second-order valence-corrected chi connectivity index (χ2v) is 2.38. The fraction of sp³-hybridized carbons (Fsp3) is 0.571. The van der Waals surface area contributed by atoms with Crippen molar-refractivity contribution in [3.8, 4) is 0 Å². The van der Waals surface area contributed by atoms with E-state index >= 15 is 0 Å². The Labute approximate surface area is 70.3 Å². The Morgan fingerprint density at radius 2 is 2.17 bits per heavy atom. The Bertz CT molecular complexity index is 191. The highest BCUT2D eigenvalue weighted by atomic mass is 16.2. The van der Waals surface area contributed by atoms with Gasteiger partial charge in [-0.2, -0.15) is 0 Å². The molecule has 0 rings (SSSR count). The number of nitrogens with one attached hydrogen (secondary N) is 1. The molecule has 2 amide bonds. The van der Waals surface area contributed by atoms with Gasteiger partial charge in [-0.3, -0.25) is 14.4 Å². The first-order valence-corrected chi connectivity index (χ1v) is 3.49. The summed E-state index contributed by atoms with van der Waals surface area (Å²) in [5.41, 5.74) is 4.84. The molecule has 0 saturated carbocycles. The van der Waals surface area contributed by atoms with E-state index in [0.29, 0.717) is 0 Å². The lowest BCUT2D eigenvalue weighted by Gasteiger charge is -2.07. The Balaban J connectivity index is 3.75. The van der Waals surface area contributed by atoms with Crippen LogP contribution in [0.5, 0.6) is 0 Å². The number of amides is 2. The summed E-state index contributed by atoms with van der Waals surface area (Å²) in [6, 6.07) is -0.727. The van der Waals surface area contributed by atoms with Crippen LogP contribution in [0.3, 0.4) is 0 Å². The summed E-state index contributed by atoms with van der Waals surface area (Å²) in [5.74, 6) is -0.826. The van der Waals surface area contributed by atoms with Gasteiger partial charge in [0.15, 0.2) is 0 Å². The molecule has 12 heavy (non-hydrogen) atoms. The molecular weight excluding hydrogens is 160 g/mol. The van der Waals surface area contributed by atoms with Crippen LogP contribution in [0.25, 0.3) is 0 Å². The molecule has 0 aromatic heterocycles. The van der Waals surface area contributed by atoms with E-state index < -0.39 is 11.9 Å². The zero-order chi connectivity index (χ0) is 9.56. The van der Waals surface area contributed by atoms with Crippen molar-refractivity contribution in [1.29, 1.82) is 0 Å². The Morgan fingerprint density at radius 1 is 1.58 bits per heavy atom. The molecule has 0 fully saturated rings. The smallest absolute Gasteiger partial charge is 0.222 e. The van der Waals surface area contributed by atoms with Gasteiger partial charge in [-0.25, -0.2) is 0 Å². The van der Waals surface area contributed by atoms with Gasteiger partial charge in [0.2, 0.25) is 18.1 Å². The molecule has 1 atom stereocenters. The Morgan fingerprint density at radius 3 is 2.50 bits per heavy atom. The lowest BCUT2D eigenvalue weighted by Crippen LogP contribution is -2.35. The number of hydrogen-bond acceptors (Lipinski definition) is 3. The van der Waals surface area contributed by atoms with Crippen molar-refractivity contribution in [2.45, 2.75) is 25.8 Å². The Kier molecular flexibility index (Phi) is 4.67. The van der Waals surface area contributed by atoms with Crippen LogP contribution in [0.2, 0.25) is 0 Å². The van der Waals surface area contributed by atoms with Gasteiger partial charge in [-0.15, -0.1) is 0 Å². The summed E-state index contributed by atoms with van der Waals surface area (Å²) < 4.78 is 0. The molecule has 0 aliphatic rings. The topological polar surface area (TPSA) is 89.3 Å². The molecule has 0 heterocycles. The summed E-state index contributed by atoms with van der Waals surface area (Å²) in [4.78, 5) is 30.9. The fourth-order valence-corrected chi connectivity index (χ4v) is 0.693. The molecule has 0 spiro atoms. The zero-order valence-electron chi connectivity index (χ0n) is 6.79. The van der Waals surface area contributed by atoms with Crippen molar-refractivity contribution in [3.63, 3.8) is 0 Å². The molecule has 0 saturated heterocycles. The lowest BCUT2D eigenvalue weighted by atomic mass is 10.2. The van der Waals surface area contributed by atoms with Crippen molar-refractivity contribution in [2.75, 3.05) is 0 Å². The van der Waals surface area contributed by atoms with Crippen LogP contribution < -0.4 is 11.1 Å². The SMILES string of the molecule is CC(=O)NC([C]=O)CCC(N)=O. The predicted molar refractivity (Wildman–Crippen MR) is 41.7 cm³/mol. The van der Waals surface area contributed by atoms with Gasteiger partial charge >= 0.3 is 0 Å². The second-order valence-electron chi connectivity index (χ2n) is 2.38. The first-order chi connectivity index (χ1) is 5.56. The van der Waals surface area contributed by atoms with Crippen molar-refractivity contribution >= 4 is 18.1 Å². The molecule has 5 nitrogen and oxygen atoms in total. The van der Waals surface area contributed by atoms with Gasteiger partial charge in [0, 0.05) is 13.3 Å². The highest BCUT2D eigenvalue weighted by Crippen LogP contribution is 1.93. The largest absolute Gasteiger partial charge is 0.370 e. The molecule has 1 radical (unpaired) electrons.